The van der Waals surface area contributed by atoms with Gasteiger partial charge in [0, 0.05) is 12.2 Å². The molecule has 1 rings (SSSR count). The average molecular weight is 211 g/mol. The first-order valence-corrected chi connectivity index (χ1v) is 4.94. The van der Waals surface area contributed by atoms with Crippen molar-refractivity contribution in [1.29, 1.82) is 0 Å². The van der Waals surface area contributed by atoms with Crippen LogP contribution in [0.1, 0.15) is 17.0 Å². The van der Waals surface area contributed by atoms with Crippen molar-refractivity contribution in [3.05, 3.63) is 17.0 Å². The van der Waals surface area contributed by atoms with Gasteiger partial charge in [-0.1, -0.05) is 0 Å². The van der Waals surface area contributed by atoms with E-state index < -0.39 is 0 Å². The van der Waals surface area contributed by atoms with E-state index in [1.165, 1.54) is 0 Å². The number of hydrogen-bond acceptors (Lipinski definition) is 3. The van der Waals surface area contributed by atoms with Gasteiger partial charge in [0.25, 0.3) is 0 Å². The minimum Gasteiger partial charge on any atom is -0.395 e. The van der Waals surface area contributed by atoms with Crippen molar-refractivity contribution in [1.82, 2.24) is 15.1 Å². The first kappa shape index (κ1) is 11.7. The molecule has 1 amide bonds. The molecule has 1 aromatic heterocycles. The van der Waals surface area contributed by atoms with Crippen LogP contribution < -0.4 is 5.32 Å². The summed E-state index contributed by atoms with van der Waals surface area (Å²) in [6.45, 7) is 6.30. The fourth-order valence-electron chi connectivity index (χ4n) is 1.33. The number of aryl methyl sites for hydroxylation is 1. The Kier molecular flexibility index (Phi) is 3.85. The number of rotatable bonds is 4. The molecule has 1 heterocycles. The molecular formula is C10H17N3O2. The monoisotopic (exact) mass is 211 g/mol. The third kappa shape index (κ3) is 2.79. The van der Waals surface area contributed by atoms with Crippen molar-refractivity contribution in [2.75, 3.05) is 13.2 Å². The fourth-order valence-corrected chi connectivity index (χ4v) is 1.33. The van der Waals surface area contributed by atoms with E-state index in [4.69, 9.17) is 5.11 Å². The van der Waals surface area contributed by atoms with Crippen LogP contribution in [0.15, 0.2) is 0 Å². The van der Waals surface area contributed by atoms with Crippen molar-refractivity contribution in [3.8, 4) is 0 Å². The second-order valence-corrected chi connectivity index (χ2v) is 3.53. The van der Waals surface area contributed by atoms with Crippen LogP contribution in [0.3, 0.4) is 0 Å². The van der Waals surface area contributed by atoms with E-state index in [0.717, 1.165) is 17.0 Å². The lowest BCUT2D eigenvalue weighted by molar-refractivity contribution is -0.122. The van der Waals surface area contributed by atoms with Crippen LogP contribution in [-0.2, 0) is 11.3 Å². The zero-order valence-corrected chi connectivity index (χ0v) is 9.37. The summed E-state index contributed by atoms with van der Waals surface area (Å²) < 4.78 is 1.68. The largest absolute Gasteiger partial charge is 0.395 e. The van der Waals surface area contributed by atoms with Crippen LogP contribution >= 0.6 is 0 Å². The van der Waals surface area contributed by atoms with Crippen LogP contribution in [0.4, 0.5) is 0 Å². The van der Waals surface area contributed by atoms with Crippen molar-refractivity contribution < 1.29 is 9.90 Å². The predicted molar refractivity (Wildman–Crippen MR) is 56.5 cm³/mol. The zero-order valence-electron chi connectivity index (χ0n) is 9.37. The second-order valence-electron chi connectivity index (χ2n) is 3.53. The Balaban J connectivity index is 2.64. The van der Waals surface area contributed by atoms with E-state index in [-0.39, 0.29) is 25.6 Å². The van der Waals surface area contributed by atoms with Gasteiger partial charge in [-0.25, -0.2) is 0 Å². The Morgan fingerprint density at radius 1 is 1.47 bits per heavy atom. The molecule has 0 atom stereocenters. The Morgan fingerprint density at radius 2 is 2.13 bits per heavy atom. The highest BCUT2D eigenvalue weighted by atomic mass is 16.3. The van der Waals surface area contributed by atoms with Crippen molar-refractivity contribution in [2.45, 2.75) is 27.3 Å². The lowest BCUT2D eigenvalue weighted by Gasteiger charge is -2.05. The lowest BCUT2D eigenvalue weighted by Crippen LogP contribution is -2.30. The van der Waals surface area contributed by atoms with Gasteiger partial charge < -0.3 is 10.4 Å². The molecule has 0 aromatic carbocycles. The molecule has 0 aliphatic rings. The Morgan fingerprint density at radius 3 is 2.60 bits per heavy atom. The highest BCUT2D eigenvalue weighted by Crippen LogP contribution is 2.10. The van der Waals surface area contributed by atoms with Crippen LogP contribution in [-0.4, -0.2) is 33.9 Å². The third-order valence-electron chi connectivity index (χ3n) is 2.47. The Bertz CT molecular complexity index is 358. The number of nitrogens with one attached hydrogen (secondary N) is 1. The van der Waals surface area contributed by atoms with Gasteiger partial charge in [-0.2, -0.15) is 5.10 Å². The van der Waals surface area contributed by atoms with Gasteiger partial charge in [-0.05, 0) is 26.3 Å². The van der Waals surface area contributed by atoms with Crippen molar-refractivity contribution in [3.63, 3.8) is 0 Å². The molecule has 0 aliphatic heterocycles. The van der Waals surface area contributed by atoms with Crippen molar-refractivity contribution in [2.24, 2.45) is 0 Å². The number of aromatic nitrogens is 2. The van der Waals surface area contributed by atoms with Gasteiger partial charge in [0.2, 0.25) is 5.91 Å². The quantitative estimate of drug-likeness (QED) is 0.732. The molecule has 0 unspecified atom stereocenters. The van der Waals surface area contributed by atoms with Crippen LogP contribution in [0.25, 0.3) is 0 Å². The van der Waals surface area contributed by atoms with Gasteiger partial charge in [-0.15, -0.1) is 0 Å². The normalized spacial score (nSPS) is 10.4. The molecule has 15 heavy (non-hydrogen) atoms. The average Bonchev–Trinajstić information content (AvgIpc) is 2.43. The molecule has 0 radical (unpaired) electrons. The molecule has 84 valence electrons. The maximum atomic E-state index is 11.4. The minimum absolute atomic E-state index is 0.0398. The fraction of sp³-hybridized carbons (Fsp3) is 0.600. The number of carbonyl (C=O) groups excluding carboxylic acids is 1. The first-order chi connectivity index (χ1) is 7.06. The highest BCUT2D eigenvalue weighted by Gasteiger charge is 2.09. The first-order valence-electron chi connectivity index (χ1n) is 4.94. The second kappa shape index (κ2) is 4.93. The standard InChI is InChI=1S/C10H17N3O2/c1-7-8(2)12-13(9(7)3)6-10(15)11-4-5-14/h14H,4-6H2,1-3H3,(H,11,15). The summed E-state index contributed by atoms with van der Waals surface area (Å²) in [5, 5.41) is 15.4. The van der Waals surface area contributed by atoms with Crippen LogP contribution in [0.2, 0.25) is 0 Å². The predicted octanol–water partition coefficient (Wildman–Crippen LogP) is -0.0831. The summed E-state index contributed by atoms with van der Waals surface area (Å²) in [5.41, 5.74) is 3.07. The van der Waals surface area contributed by atoms with Gasteiger partial charge in [0.1, 0.15) is 6.54 Å². The number of aliphatic hydroxyl groups is 1. The Labute approximate surface area is 89.1 Å². The molecule has 0 fully saturated rings. The van der Waals surface area contributed by atoms with Gasteiger partial charge >= 0.3 is 0 Å². The molecular weight excluding hydrogens is 194 g/mol. The Hall–Kier alpha value is -1.36. The van der Waals surface area contributed by atoms with E-state index in [0.29, 0.717) is 0 Å². The van der Waals surface area contributed by atoms with Crippen molar-refractivity contribution >= 4 is 5.91 Å². The number of nitrogens with zero attached hydrogens (tertiary/aromatic N) is 2. The summed E-state index contributed by atoms with van der Waals surface area (Å²) in [5.74, 6) is -0.130. The van der Waals surface area contributed by atoms with E-state index in [1.54, 1.807) is 4.68 Å². The van der Waals surface area contributed by atoms with Gasteiger partial charge in [0.05, 0.1) is 12.3 Å². The van der Waals surface area contributed by atoms with Crippen LogP contribution in [0.5, 0.6) is 0 Å². The number of carbonyl (C=O) groups is 1. The van der Waals surface area contributed by atoms with Gasteiger partial charge in [0.15, 0.2) is 0 Å². The van der Waals surface area contributed by atoms with E-state index >= 15 is 0 Å². The molecule has 0 saturated carbocycles. The minimum atomic E-state index is -0.130. The summed E-state index contributed by atoms with van der Waals surface area (Å²) >= 11 is 0. The van der Waals surface area contributed by atoms with Gasteiger partial charge in [-0.3, -0.25) is 9.48 Å². The van der Waals surface area contributed by atoms with E-state index in [1.807, 2.05) is 20.8 Å². The maximum absolute atomic E-state index is 11.4. The molecule has 1 aromatic rings. The number of amides is 1. The SMILES string of the molecule is Cc1nn(CC(=O)NCCO)c(C)c1C. The lowest BCUT2D eigenvalue weighted by atomic mass is 10.2. The molecule has 2 N–H and O–H groups in total. The molecule has 0 saturated heterocycles. The summed E-state index contributed by atoms with van der Waals surface area (Å²) in [4.78, 5) is 11.4. The number of aliphatic hydroxyl groups excluding tert-OH is 1. The molecule has 0 aliphatic carbocycles. The summed E-state index contributed by atoms with van der Waals surface area (Å²) in [7, 11) is 0. The topological polar surface area (TPSA) is 67.2 Å². The summed E-state index contributed by atoms with van der Waals surface area (Å²) in [6, 6.07) is 0. The third-order valence-corrected chi connectivity index (χ3v) is 2.47. The molecule has 0 spiro atoms. The number of hydrogen-bond donors (Lipinski definition) is 2. The molecule has 5 heteroatoms. The zero-order chi connectivity index (χ0) is 11.4. The smallest absolute Gasteiger partial charge is 0.241 e. The maximum Gasteiger partial charge on any atom is 0.241 e. The molecule has 0 bridgehead atoms. The van der Waals surface area contributed by atoms with Crippen LogP contribution in [0, 0.1) is 20.8 Å². The van der Waals surface area contributed by atoms with E-state index in [9.17, 15) is 4.79 Å². The highest BCUT2D eigenvalue weighted by molar-refractivity contribution is 5.75. The molecule has 5 nitrogen and oxygen atoms in total. The van der Waals surface area contributed by atoms with E-state index in [2.05, 4.69) is 10.4 Å². The summed E-state index contributed by atoms with van der Waals surface area (Å²) in [6.07, 6.45) is 0.